The van der Waals surface area contributed by atoms with Gasteiger partial charge in [-0.3, -0.25) is 4.98 Å². The Morgan fingerprint density at radius 3 is 3.15 bits per heavy atom. The summed E-state index contributed by atoms with van der Waals surface area (Å²) in [7, 11) is 0. The quantitative estimate of drug-likeness (QED) is 0.499. The molecule has 0 atom stereocenters. The van der Waals surface area contributed by atoms with Crippen molar-refractivity contribution in [2.75, 3.05) is 0 Å². The van der Waals surface area contributed by atoms with Crippen LogP contribution in [0.3, 0.4) is 0 Å². The van der Waals surface area contributed by atoms with Crippen molar-refractivity contribution < 1.29 is 0 Å². The second-order valence-electron chi connectivity index (χ2n) is 2.66. The fourth-order valence-corrected chi connectivity index (χ4v) is 1.31. The molecule has 0 unspecified atom stereocenters. The molecule has 0 spiro atoms. The summed E-state index contributed by atoms with van der Waals surface area (Å²) in [4.78, 5) is 12.1. The van der Waals surface area contributed by atoms with Crippen molar-refractivity contribution in [3.05, 3.63) is 31.0 Å². The van der Waals surface area contributed by atoms with Crippen LogP contribution in [0.2, 0.25) is 0 Å². The lowest BCUT2D eigenvalue weighted by molar-refractivity contribution is 0.981. The van der Waals surface area contributed by atoms with Gasteiger partial charge >= 0.3 is 0 Å². The van der Waals surface area contributed by atoms with Crippen molar-refractivity contribution in [2.24, 2.45) is 0 Å². The van der Waals surface area contributed by atoms with Gasteiger partial charge in [0, 0.05) is 24.0 Å². The third kappa shape index (κ3) is 0.807. The largest absolute Gasteiger partial charge is 0.264 e. The Balaban J connectivity index is 2.65. The molecule has 3 aromatic heterocycles. The molecule has 0 radical (unpaired) electrons. The molecule has 0 fully saturated rings. The van der Waals surface area contributed by atoms with Gasteiger partial charge in [-0.25, -0.2) is 4.98 Å². The minimum Gasteiger partial charge on any atom is -0.264 e. The van der Waals surface area contributed by atoms with E-state index < -0.39 is 0 Å². The Bertz CT molecular complexity index is 571. The van der Waals surface area contributed by atoms with Crippen LogP contribution in [-0.2, 0) is 0 Å². The fourth-order valence-electron chi connectivity index (χ4n) is 1.31. The van der Waals surface area contributed by atoms with E-state index in [2.05, 4.69) is 20.1 Å². The Kier molecular flexibility index (Phi) is 1.11. The van der Waals surface area contributed by atoms with E-state index >= 15 is 0 Å². The van der Waals surface area contributed by atoms with Crippen molar-refractivity contribution in [1.82, 2.24) is 24.6 Å². The number of hydrogen-bond acceptors (Lipinski definition) is 4. The highest BCUT2D eigenvalue weighted by Crippen LogP contribution is 2.10. The molecule has 13 heavy (non-hydrogen) atoms. The van der Waals surface area contributed by atoms with Gasteiger partial charge in [-0.1, -0.05) is 0 Å². The first-order valence-electron chi connectivity index (χ1n) is 3.83. The summed E-state index contributed by atoms with van der Waals surface area (Å²) in [6, 6.07) is 1.89. The summed E-state index contributed by atoms with van der Waals surface area (Å²) >= 11 is 0. The van der Waals surface area contributed by atoms with Gasteiger partial charge in [-0.15, -0.1) is 0 Å². The number of pyridine rings is 1. The van der Waals surface area contributed by atoms with E-state index in [1.807, 2.05) is 6.07 Å². The smallest absolute Gasteiger partial charge is 0.252 e. The standard InChI is InChI=1S/C8H5N5/c1-2-9-3-6-4-10-8-11-5-12-13(8)7(1)6/h1-5H. The summed E-state index contributed by atoms with van der Waals surface area (Å²) in [5.74, 6) is 0.610. The lowest BCUT2D eigenvalue weighted by Gasteiger charge is -1.96. The molecular formula is C8H5N5. The van der Waals surface area contributed by atoms with E-state index in [1.165, 1.54) is 6.33 Å². The molecule has 0 aliphatic rings. The molecule has 3 aromatic rings. The van der Waals surface area contributed by atoms with E-state index in [0.717, 1.165) is 10.9 Å². The van der Waals surface area contributed by atoms with E-state index in [4.69, 9.17) is 0 Å². The molecular weight excluding hydrogens is 166 g/mol. The zero-order valence-electron chi connectivity index (χ0n) is 6.62. The SMILES string of the molecule is c1cc2c(cn1)cnc1ncnn12. The summed E-state index contributed by atoms with van der Waals surface area (Å²) in [6.07, 6.45) is 6.71. The average molecular weight is 171 g/mol. The molecule has 0 N–H and O–H groups in total. The van der Waals surface area contributed by atoms with Gasteiger partial charge in [0.05, 0.1) is 5.52 Å². The van der Waals surface area contributed by atoms with E-state index in [-0.39, 0.29) is 0 Å². The van der Waals surface area contributed by atoms with Gasteiger partial charge < -0.3 is 0 Å². The maximum Gasteiger partial charge on any atom is 0.252 e. The lowest BCUT2D eigenvalue weighted by Crippen LogP contribution is -1.92. The van der Waals surface area contributed by atoms with Crippen LogP contribution in [0.5, 0.6) is 0 Å². The first kappa shape index (κ1) is 6.47. The molecule has 0 saturated heterocycles. The minimum atomic E-state index is 0.610. The molecule has 0 saturated carbocycles. The van der Waals surface area contributed by atoms with Crippen LogP contribution >= 0.6 is 0 Å². The topological polar surface area (TPSA) is 56.0 Å². The number of nitrogens with zero attached hydrogens (tertiary/aromatic N) is 5. The lowest BCUT2D eigenvalue weighted by atomic mass is 10.3. The van der Waals surface area contributed by atoms with Gasteiger partial charge in [0.15, 0.2) is 0 Å². The molecule has 3 heterocycles. The minimum absolute atomic E-state index is 0.610. The summed E-state index contributed by atoms with van der Waals surface area (Å²) in [6.45, 7) is 0. The second-order valence-corrected chi connectivity index (χ2v) is 2.66. The highest BCUT2D eigenvalue weighted by atomic mass is 15.3. The fraction of sp³-hybridized carbons (Fsp3) is 0. The van der Waals surface area contributed by atoms with Gasteiger partial charge in [-0.2, -0.15) is 14.6 Å². The summed E-state index contributed by atoms with van der Waals surface area (Å²) < 4.78 is 1.69. The van der Waals surface area contributed by atoms with Gasteiger partial charge in [0.1, 0.15) is 6.33 Å². The van der Waals surface area contributed by atoms with Crippen LogP contribution in [0.4, 0.5) is 0 Å². The Morgan fingerprint density at radius 1 is 1.15 bits per heavy atom. The third-order valence-corrected chi connectivity index (χ3v) is 1.90. The van der Waals surface area contributed by atoms with Crippen molar-refractivity contribution in [3.8, 4) is 0 Å². The Labute approximate surface area is 73.1 Å². The molecule has 0 aliphatic heterocycles. The monoisotopic (exact) mass is 171 g/mol. The van der Waals surface area contributed by atoms with Gasteiger partial charge in [-0.05, 0) is 6.07 Å². The van der Waals surface area contributed by atoms with Crippen LogP contribution in [-0.4, -0.2) is 24.6 Å². The number of rotatable bonds is 0. The first-order valence-corrected chi connectivity index (χ1v) is 3.83. The highest BCUT2D eigenvalue weighted by Gasteiger charge is 2.00. The highest BCUT2D eigenvalue weighted by molar-refractivity contribution is 5.78. The zero-order chi connectivity index (χ0) is 8.67. The summed E-state index contributed by atoms with van der Waals surface area (Å²) in [5.41, 5.74) is 0.970. The van der Waals surface area contributed by atoms with Crippen LogP contribution in [0, 0.1) is 0 Å². The molecule has 0 aliphatic carbocycles. The van der Waals surface area contributed by atoms with Crippen LogP contribution in [0.15, 0.2) is 31.0 Å². The number of fused-ring (bicyclic) bond motifs is 3. The predicted octanol–water partition coefficient (Wildman–Crippen LogP) is 0.672. The number of hydrogen-bond donors (Lipinski definition) is 0. The maximum atomic E-state index is 4.12. The molecule has 5 heteroatoms. The Hall–Kier alpha value is -2.04. The predicted molar refractivity (Wildman–Crippen MR) is 46.1 cm³/mol. The molecule has 0 bridgehead atoms. The van der Waals surface area contributed by atoms with E-state index in [9.17, 15) is 0 Å². The maximum absolute atomic E-state index is 4.12. The van der Waals surface area contributed by atoms with Crippen LogP contribution in [0.1, 0.15) is 0 Å². The third-order valence-electron chi connectivity index (χ3n) is 1.90. The zero-order valence-corrected chi connectivity index (χ0v) is 6.62. The molecule has 62 valence electrons. The van der Waals surface area contributed by atoms with Crippen LogP contribution < -0.4 is 0 Å². The van der Waals surface area contributed by atoms with E-state index in [0.29, 0.717) is 5.78 Å². The molecule has 5 nitrogen and oxygen atoms in total. The molecule has 0 aromatic carbocycles. The average Bonchev–Trinajstić information content (AvgIpc) is 2.65. The molecule has 3 rings (SSSR count). The second kappa shape index (κ2) is 2.22. The van der Waals surface area contributed by atoms with Crippen molar-refractivity contribution in [2.45, 2.75) is 0 Å². The Morgan fingerprint density at radius 2 is 2.15 bits per heavy atom. The van der Waals surface area contributed by atoms with Crippen molar-refractivity contribution in [1.29, 1.82) is 0 Å². The number of aromatic nitrogens is 5. The van der Waals surface area contributed by atoms with Gasteiger partial charge in [0.25, 0.3) is 5.78 Å². The summed E-state index contributed by atoms with van der Waals surface area (Å²) in [5, 5.41) is 5.02. The molecule has 0 amide bonds. The van der Waals surface area contributed by atoms with Crippen LogP contribution in [0.25, 0.3) is 16.7 Å². The normalized spacial score (nSPS) is 11.1. The van der Waals surface area contributed by atoms with Gasteiger partial charge in [0.2, 0.25) is 0 Å². The van der Waals surface area contributed by atoms with Crippen molar-refractivity contribution >= 4 is 16.7 Å². The first-order chi connectivity index (χ1) is 6.45. The van der Waals surface area contributed by atoms with Crippen molar-refractivity contribution in [3.63, 3.8) is 0 Å². The van der Waals surface area contributed by atoms with E-state index in [1.54, 1.807) is 23.1 Å².